The number of unbranched alkanes of at least 4 members (excludes halogenated alkanes) is 16. The molecule has 13 nitrogen and oxygen atoms in total. The summed E-state index contributed by atoms with van der Waals surface area (Å²) in [6.07, 6.45) is 11.0. The maximum Gasteiger partial charge on any atom is 0.472 e. The van der Waals surface area contributed by atoms with Crippen molar-refractivity contribution in [2.75, 3.05) is 6.61 Å². The van der Waals surface area contributed by atoms with E-state index in [9.17, 15) is 44.4 Å². The summed E-state index contributed by atoms with van der Waals surface area (Å²) in [6.45, 7) is 3.55. The minimum atomic E-state index is -5.21. The molecule has 1 heterocycles. The van der Waals surface area contributed by atoms with E-state index in [0.29, 0.717) is 19.3 Å². The van der Waals surface area contributed by atoms with Gasteiger partial charge in [0.1, 0.15) is 18.2 Å². The lowest BCUT2D eigenvalue weighted by atomic mass is 9.96. The van der Waals surface area contributed by atoms with Crippen molar-refractivity contribution in [3.63, 3.8) is 0 Å². The molecule has 0 aliphatic carbocycles. The number of phosphoric acid groups is 1. The summed E-state index contributed by atoms with van der Waals surface area (Å²) >= 11 is 0. The molecule has 0 aromatic carbocycles. The molecule has 7 atom stereocenters. The number of hydrogen-bond donors (Lipinski definition) is 7. The van der Waals surface area contributed by atoms with Gasteiger partial charge in [-0.05, 0) is 12.8 Å². The fourth-order valence-electron chi connectivity index (χ4n) is 6.02. The molecule has 7 N–H and O–H groups in total. The quantitative estimate of drug-likeness (QED) is 0.0313. The number of carbonyl (C=O) groups excluding carboxylic acids is 2. The van der Waals surface area contributed by atoms with E-state index in [4.69, 9.17) is 14.0 Å². The second-order valence-electron chi connectivity index (χ2n) is 13.3. The standard InChI is InChI=1S/C34H66NO12P/c1-3-5-7-9-11-13-15-17-19-21-26(37)23-29(39)35-31-33(32(41)28(25-36)45-34(31)47-48(42,43)44)46-30(40)24-27(38)22-20-18-16-14-12-10-8-6-4-2/h26-28,31-34,36-38,41H,3-25H2,1-2H3,(H,35,39)(H2,42,43,44)/t26-,27-,28-,31-,32-,33-,34-/m1/s1. The molecule has 1 amide bonds. The van der Waals surface area contributed by atoms with E-state index in [1.165, 1.54) is 64.2 Å². The third-order valence-corrected chi connectivity index (χ3v) is 9.28. The van der Waals surface area contributed by atoms with Crippen LogP contribution < -0.4 is 5.32 Å². The number of hydrogen-bond acceptors (Lipinski definition) is 10. The van der Waals surface area contributed by atoms with Crippen molar-refractivity contribution >= 4 is 19.7 Å². The highest BCUT2D eigenvalue weighted by Gasteiger charge is 2.50. The van der Waals surface area contributed by atoms with Gasteiger partial charge in [-0.1, -0.05) is 129 Å². The van der Waals surface area contributed by atoms with Crippen LogP contribution >= 0.6 is 7.82 Å². The first-order valence-electron chi connectivity index (χ1n) is 18.4. The zero-order valence-electron chi connectivity index (χ0n) is 29.4. The Morgan fingerprint density at radius 1 is 0.750 bits per heavy atom. The Hall–Kier alpha value is -1.15. The first kappa shape index (κ1) is 44.9. The van der Waals surface area contributed by atoms with E-state index in [0.717, 1.165) is 44.9 Å². The third kappa shape index (κ3) is 21.2. The summed E-state index contributed by atoms with van der Waals surface area (Å²) in [6, 6.07) is -1.60. The van der Waals surface area contributed by atoms with Crippen molar-refractivity contribution in [1.82, 2.24) is 5.32 Å². The lowest BCUT2D eigenvalue weighted by Gasteiger charge is -2.43. The maximum atomic E-state index is 12.9. The molecule has 284 valence electrons. The minimum absolute atomic E-state index is 0.353. The number of ether oxygens (including phenoxy) is 2. The Kier molecular flexibility index (Phi) is 24.9. The first-order valence-corrected chi connectivity index (χ1v) is 20.0. The summed E-state index contributed by atoms with van der Waals surface area (Å²) in [4.78, 5) is 44.7. The molecule has 1 fully saturated rings. The molecule has 0 saturated carbocycles. The van der Waals surface area contributed by atoms with Crippen LogP contribution in [0.25, 0.3) is 0 Å². The van der Waals surface area contributed by atoms with E-state index < -0.39 is 75.6 Å². The Morgan fingerprint density at radius 3 is 1.62 bits per heavy atom. The molecule has 14 heteroatoms. The average Bonchev–Trinajstić information content (AvgIpc) is 3.01. The number of nitrogens with one attached hydrogen (secondary N) is 1. The summed E-state index contributed by atoms with van der Waals surface area (Å²) in [5.74, 6) is -1.66. The maximum absolute atomic E-state index is 12.9. The molecule has 0 unspecified atom stereocenters. The van der Waals surface area contributed by atoms with Crippen LogP contribution in [0, 0.1) is 0 Å². The van der Waals surface area contributed by atoms with Gasteiger partial charge in [0, 0.05) is 0 Å². The van der Waals surface area contributed by atoms with Crippen molar-refractivity contribution in [1.29, 1.82) is 0 Å². The molecule has 0 spiro atoms. The van der Waals surface area contributed by atoms with E-state index in [2.05, 4.69) is 19.2 Å². The number of carbonyl (C=O) groups is 2. The van der Waals surface area contributed by atoms with Gasteiger partial charge in [-0.15, -0.1) is 0 Å². The van der Waals surface area contributed by atoms with Gasteiger partial charge < -0.3 is 45.0 Å². The van der Waals surface area contributed by atoms with Crippen molar-refractivity contribution in [3.05, 3.63) is 0 Å². The highest BCUT2D eigenvalue weighted by atomic mass is 31.2. The van der Waals surface area contributed by atoms with Crippen molar-refractivity contribution in [2.24, 2.45) is 0 Å². The highest BCUT2D eigenvalue weighted by molar-refractivity contribution is 7.46. The van der Waals surface area contributed by atoms with Gasteiger partial charge in [0.15, 0.2) is 12.4 Å². The molecule has 1 saturated heterocycles. The molecule has 0 radical (unpaired) electrons. The predicted octanol–water partition coefficient (Wildman–Crippen LogP) is 4.91. The molecule has 1 aliphatic rings. The second kappa shape index (κ2) is 26.6. The molecule has 1 aliphatic heterocycles. The molecule has 0 aromatic rings. The van der Waals surface area contributed by atoms with Gasteiger partial charge in [-0.25, -0.2) is 4.57 Å². The zero-order valence-corrected chi connectivity index (χ0v) is 30.3. The van der Waals surface area contributed by atoms with E-state index in [-0.39, 0.29) is 6.42 Å². The Morgan fingerprint density at radius 2 is 1.19 bits per heavy atom. The van der Waals surface area contributed by atoms with Crippen LogP contribution in [0.15, 0.2) is 0 Å². The van der Waals surface area contributed by atoms with Gasteiger partial charge in [0.05, 0.1) is 31.7 Å². The monoisotopic (exact) mass is 711 g/mol. The average molecular weight is 712 g/mol. The number of phosphoric ester groups is 1. The zero-order chi connectivity index (χ0) is 35.8. The van der Waals surface area contributed by atoms with Crippen LogP contribution in [-0.2, 0) is 28.2 Å². The van der Waals surface area contributed by atoms with Gasteiger partial charge >= 0.3 is 13.8 Å². The largest absolute Gasteiger partial charge is 0.472 e. The molecule has 0 aromatic heterocycles. The van der Waals surface area contributed by atoms with E-state index in [1.807, 2.05) is 0 Å². The van der Waals surface area contributed by atoms with E-state index in [1.54, 1.807) is 0 Å². The molecule has 1 rings (SSSR count). The van der Waals surface area contributed by atoms with Crippen LogP contribution in [0.3, 0.4) is 0 Å². The fourth-order valence-corrected chi connectivity index (χ4v) is 6.47. The number of aliphatic hydroxyl groups is 4. The fraction of sp³-hybridized carbons (Fsp3) is 0.941. The Labute approximate surface area is 287 Å². The Bertz CT molecular complexity index is 890. The summed E-state index contributed by atoms with van der Waals surface area (Å²) in [7, 11) is -5.21. The normalized spacial score (nSPS) is 22.7. The molecular formula is C34H66NO12P. The van der Waals surface area contributed by atoms with Crippen molar-refractivity contribution < 1.29 is 58.4 Å². The number of aliphatic hydroxyl groups excluding tert-OH is 4. The van der Waals surface area contributed by atoms with Gasteiger partial charge in [-0.2, -0.15) is 0 Å². The predicted molar refractivity (Wildman–Crippen MR) is 182 cm³/mol. The van der Waals surface area contributed by atoms with Crippen molar-refractivity contribution in [2.45, 2.75) is 198 Å². The first-order chi connectivity index (χ1) is 22.9. The van der Waals surface area contributed by atoms with Crippen molar-refractivity contribution in [3.8, 4) is 0 Å². The topological polar surface area (TPSA) is 212 Å². The van der Waals surface area contributed by atoms with Crippen LogP contribution in [0.2, 0.25) is 0 Å². The number of rotatable bonds is 29. The van der Waals surface area contributed by atoms with E-state index >= 15 is 0 Å². The van der Waals surface area contributed by atoms with Crippen LogP contribution in [0.5, 0.6) is 0 Å². The van der Waals surface area contributed by atoms with Gasteiger partial charge in [-0.3, -0.25) is 14.1 Å². The van der Waals surface area contributed by atoms with Crippen LogP contribution in [0.1, 0.15) is 155 Å². The minimum Gasteiger partial charge on any atom is -0.457 e. The molecule has 0 bridgehead atoms. The lowest BCUT2D eigenvalue weighted by molar-refractivity contribution is -0.254. The second-order valence-corrected chi connectivity index (χ2v) is 14.5. The van der Waals surface area contributed by atoms with Gasteiger partial charge in [0.2, 0.25) is 5.91 Å². The molecular weight excluding hydrogens is 645 g/mol. The number of esters is 1. The summed E-state index contributed by atoms with van der Waals surface area (Å²) in [5, 5.41) is 43.9. The lowest BCUT2D eigenvalue weighted by Crippen LogP contribution is -2.65. The summed E-state index contributed by atoms with van der Waals surface area (Å²) < 4.78 is 27.2. The summed E-state index contributed by atoms with van der Waals surface area (Å²) in [5.41, 5.74) is 0. The Balaban J connectivity index is 2.70. The smallest absolute Gasteiger partial charge is 0.457 e. The number of amides is 1. The van der Waals surface area contributed by atoms with Crippen LogP contribution in [0.4, 0.5) is 0 Å². The SMILES string of the molecule is CCCCCCCCCCC[C@@H](O)CC(=O)N[C@H]1[C@@H](OP(=O)(O)O)O[C@H](CO)[C@@H](O)[C@@H]1OC(=O)C[C@H](O)CCCCCCCCCCC. The highest BCUT2D eigenvalue weighted by Crippen LogP contribution is 2.41. The van der Waals surface area contributed by atoms with Crippen LogP contribution in [-0.4, -0.2) is 91.5 Å². The van der Waals surface area contributed by atoms with Gasteiger partial charge in [0.25, 0.3) is 0 Å². The molecule has 48 heavy (non-hydrogen) atoms. The third-order valence-electron chi connectivity index (χ3n) is 8.80.